The zero-order chi connectivity index (χ0) is 15.5. The molecule has 1 aliphatic carbocycles. The standard InChI is InChI=1S/C16H25NO3S/c1-16(2,3)13-10-21-14(17-13)9-20-12-7-5-11(6-8-12)15(18)19-4/h10-12H,5-9H2,1-4H3. The molecule has 1 heterocycles. The fourth-order valence-electron chi connectivity index (χ4n) is 2.54. The second-order valence-corrected chi connectivity index (χ2v) is 7.63. The van der Waals surface area contributed by atoms with Crippen molar-refractivity contribution in [3.05, 3.63) is 16.1 Å². The van der Waals surface area contributed by atoms with Gasteiger partial charge in [-0.2, -0.15) is 0 Å². The molecule has 1 aromatic heterocycles. The largest absolute Gasteiger partial charge is 0.469 e. The van der Waals surface area contributed by atoms with Gasteiger partial charge in [0.25, 0.3) is 0 Å². The number of esters is 1. The van der Waals surface area contributed by atoms with E-state index >= 15 is 0 Å². The van der Waals surface area contributed by atoms with E-state index in [1.807, 2.05) is 0 Å². The quantitative estimate of drug-likeness (QED) is 0.796. The summed E-state index contributed by atoms with van der Waals surface area (Å²) in [6.07, 6.45) is 3.83. The van der Waals surface area contributed by atoms with Crippen molar-refractivity contribution in [3.8, 4) is 0 Å². The Bertz CT molecular complexity index is 470. The van der Waals surface area contributed by atoms with Crippen molar-refractivity contribution in [2.24, 2.45) is 5.92 Å². The van der Waals surface area contributed by atoms with E-state index < -0.39 is 0 Å². The van der Waals surface area contributed by atoms with Gasteiger partial charge in [-0.25, -0.2) is 4.98 Å². The fraction of sp³-hybridized carbons (Fsp3) is 0.750. The van der Waals surface area contributed by atoms with Gasteiger partial charge in [-0.05, 0) is 25.7 Å². The summed E-state index contributed by atoms with van der Waals surface area (Å²) < 4.78 is 10.8. The molecule has 1 fully saturated rings. The topological polar surface area (TPSA) is 48.4 Å². The second-order valence-electron chi connectivity index (χ2n) is 6.68. The van der Waals surface area contributed by atoms with Gasteiger partial charge in [-0.1, -0.05) is 20.8 Å². The summed E-state index contributed by atoms with van der Waals surface area (Å²) >= 11 is 1.66. The molecule has 21 heavy (non-hydrogen) atoms. The summed E-state index contributed by atoms with van der Waals surface area (Å²) in [5.41, 5.74) is 1.22. The molecule has 0 aliphatic heterocycles. The van der Waals surface area contributed by atoms with E-state index in [-0.39, 0.29) is 23.4 Å². The lowest BCUT2D eigenvalue weighted by molar-refractivity contribution is -0.147. The molecule has 0 saturated heterocycles. The zero-order valence-electron chi connectivity index (χ0n) is 13.3. The highest BCUT2D eigenvalue weighted by atomic mass is 32.1. The highest BCUT2D eigenvalue weighted by molar-refractivity contribution is 7.09. The van der Waals surface area contributed by atoms with Crippen molar-refractivity contribution in [2.75, 3.05) is 7.11 Å². The van der Waals surface area contributed by atoms with Crippen LogP contribution in [0, 0.1) is 5.92 Å². The Hall–Kier alpha value is -0.940. The Kier molecular flexibility index (Phi) is 5.38. The molecular formula is C16H25NO3S. The Morgan fingerprint density at radius 1 is 1.33 bits per heavy atom. The summed E-state index contributed by atoms with van der Waals surface area (Å²) in [5, 5.41) is 3.15. The predicted octanol–water partition coefficient (Wildman–Crippen LogP) is 3.69. The molecule has 1 aromatic rings. The van der Waals surface area contributed by atoms with E-state index in [2.05, 4.69) is 31.1 Å². The molecule has 0 amide bonds. The monoisotopic (exact) mass is 311 g/mol. The van der Waals surface area contributed by atoms with Crippen LogP contribution in [0.4, 0.5) is 0 Å². The molecule has 0 unspecified atom stereocenters. The summed E-state index contributed by atoms with van der Waals surface area (Å²) in [6.45, 7) is 7.08. The molecule has 0 spiro atoms. The van der Waals surface area contributed by atoms with Gasteiger partial charge in [0.05, 0.1) is 31.4 Å². The van der Waals surface area contributed by atoms with Gasteiger partial charge < -0.3 is 9.47 Å². The molecule has 0 atom stereocenters. The lowest BCUT2D eigenvalue weighted by Gasteiger charge is -2.26. The van der Waals surface area contributed by atoms with Gasteiger partial charge in [0, 0.05) is 10.8 Å². The fourth-order valence-corrected chi connectivity index (χ4v) is 3.48. The first kappa shape index (κ1) is 16.4. The summed E-state index contributed by atoms with van der Waals surface area (Å²) in [4.78, 5) is 16.1. The Morgan fingerprint density at radius 2 is 2.00 bits per heavy atom. The Labute approximate surface area is 130 Å². The highest BCUT2D eigenvalue weighted by Crippen LogP contribution is 2.29. The van der Waals surface area contributed by atoms with Gasteiger partial charge >= 0.3 is 5.97 Å². The minimum Gasteiger partial charge on any atom is -0.469 e. The molecule has 2 rings (SSSR count). The van der Waals surface area contributed by atoms with Crippen LogP contribution in [0.2, 0.25) is 0 Å². The van der Waals surface area contributed by atoms with Crippen LogP contribution in [0.3, 0.4) is 0 Å². The van der Waals surface area contributed by atoms with Crippen LogP contribution in [-0.4, -0.2) is 24.2 Å². The van der Waals surface area contributed by atoms with Crippen molar-refractivity contribution in [1.82, 2.24) is 4.98 Å². The minimum atomic E-state index is -0.0804. The number of hydrogen-bond donors (Lipinski definition) is 0. The third-order valence-corrected chi connectivity index (χ3v) is 4.79. The average Bonchev–Trinajstić information content (AvgIpc) is 2.94. The third kappa shape index (κ3) is 4.51. The van der Waals surface area contributed by atoms with Gasteiger partial charge in [-0.15, -0.1) is 11.3 Å². The third-order valence-electron chi connectivity index (χ3n) is 3.97. The lowest BCUT2D eigenvalue weighted by atomic mass is 9.87. The van der Waals surface area contributed by atoms with Crippen LogP contribution >= 0.6 is 11.3 Å². The van der Waals surface area contributed by atoms with Crippen LogP contribution in [-0.2, 0) is 26.3 Å². The van der Waals surface area contributed by atoms with Crippen molar-refractivity contribution in [3.63, 3.8) is 0 Å². The molecular weight excluding hydrogens is 286 g/mol. The first-order valence-corrected chi connectivity index (χ1v) is 8.42. The highest BCUT2D eigenvalue weighted by Gasteiger charge is 2.27. The maximum absolute atomic E-state index is 11.5. The molecule has 0 bridgehead atoms. The van der Waals surface area contributed by atoms with Crippen molar-refractivity contribution < 1.29 is 14.3 Å². The number of aromatic nitrogens is 1. The molecule has 118 valence electrons. The molecule has 1 saturated carbocycles. The van der Waals surface area contributed by atoms with E-state index in [1.165, 1.54) is 7.11 Å². The number of nitrogens with zero attached hydrogens (tertiary/aromatic N) is 1. The normalized spacial score (nSPS) is 23.0. The van der Waals surface area contributed by atoms with Crippen molar-refractivity contribution in [1.29, 1.82) is 0 Å². The van der Waals surface area contributed by atoms with Gasteiger partial charge in [-0.3, -0.25) is 4.79 Å². The van der Waals surface area contributed by atoms with E-state index in [9.17, 15) is 4.79 Å². The number of carbonyl (C=O) groups excluding carboxylic acids is 1. The number of hydrogen-bond acceptors (Lipinski definition) is 5. The SMILES string of the molecule is COC(=O)C1CCC(OCc2nc(C(C)(C)C)cs2)CC1. The Balaban J connectivity index is 1.77. The number of ether oxygens (including phenoxy) is 2. The van der Waals surface area contributed by atoms with E-state index in [4.69, 9.17) is 9.47 Å². The molecule has 4 nitrogen and oxygen atoms in total. The van der Waals surface area contributed by atoms with Gasteiger partial charge in [0.1, 0.15) is 5.01 Å². The van der Waals surface area contributed by atoms with Gasteiger partial charge in [0.2, 0.25) is 0 Å². The van der Waals surface area contributed by atoms with Crippen LogP contribution in [0.25, 0.3) is 0 Å². The zero-order valence-corrected chi connectivity index (χ0v) is 14.2. The van der Waals surface area contributed by atoms with Crippen molar-refractivity contribution >= 4 is 17.3 Å². The maximum atomic E-state index is 11.5. The summed E-state index contributed by atoms with van der Waals surface area (Å²) in [7, 11) is 1.46. The Morgan fingerprint density at radius 3 is 2.52 bits per heavy atom. The van der Waals surface area contributed by atoms with Crippen LogP contribution in [0.15, 0.2) is 5.38 Å². The molecule has 1 aliphatic rings. The van der Waals surface area contributed by atoms with Crippen molar-refractivity contribution in [2.45, 2.75) is 64.6 Å². The van der Waals surface area contributed by atoms with Crippen LogP contribution in [0.5, 0.6) is 0 Å². The van der Waals surface area contributed by atoms with E-state index in [1.54, 1.807) is 11.3 Å². The smallest absolute Gasteiger partial charge is 0.308 e. The summed E-state index contributed by atoms with van der Waals surface area (Å²) in [6, 6.07) is 0. The first-order chi connectivity index (χ1) is 9.90. The molecule has 0 aromatic carbocycles. The van der Waals surface area contributed by atoms with E-state index in [0.29, 0.717) is 6.61 Å². The number of rotatable bonds is 4. The molecule has 0 N–H and O–H groups in total. The number of thiazole rings is 1. The second kappa shape index (κ2) is 6.88. The van der Waals surface area contributed by atoms with Crippen LogP contribution in [0.1, 0.15) is 57.2 Å². The summed E-state index contributed by atoms with van der Waals surface area (Å²) in [5.74, 6) is -0.0228. The molecule has 0 radical (unpaired) electrons. The first-order valence-electron chi connectivity index (χ1n) is 7.54. The van der Waals surface area contributed by atoms with Crippen LogP contribution < -0.4 is 0 Å². The van der Waals surface area contributed by atoms with E-state index in [0.717, 1.165) is 36.4 Å². The molecule has 5 heteroatoms. The number of methoxy groups -OCH3 is 1. The lowest BCUT2D eigenvalue weighted by Crippen LogP contribution is -2.26. The number of carbonyl (C=O) groups is 1. The maximum Gasteiger partial charge on any atom is 0.308 e. The average molecular weight is 311 g/mol. The predicted molar refractivity (Wildman–Crippen MR) is 83.4 cm³/mol. The minimum absolute atomic E-state index is 0.0576. The van der Waals surface area contributed by atoms with Gasteiger partial charge in [0.15, 0.2) is 0 Å².